The van der Waals surface area contributed by atoms with Crippen molar-refractivity contribution in [1.82, 2.24) is 25.8 Å². The number of hydrogen-bond donors (Lipinski definition) is 6. The summed E-state index contributed by atoms with van der Waals surface area (Å²) >= 11 is 1.51. The average Bonchev–Trinajstić information content (AvgIpc) is 3.55. The number of nitrogens with one attached hydrogen (secondary N) is 3. The third-order valence-corrected chi connectivity index (χ3v) is 8.38. The number of hydrogen-bond acceptors (Lipinski definition) is 9. The van der Waals surface area contributed by atoms with Gasteiger partial charge in [-0.15, -0.1) is 11.3 Å². The van der Waals surface area contributed by atoms with Gasteiger partial charge in [-0.05, 0) is 37.7 Å². The van der Waals surface area contributed by atoms with Gasteiger partial charge in [-0.3, -0.25) is 19.2 Å². The van der Waals surface area contributed by atoms with Crippen molar-refractivity contribution in [3.8, 4) is 10.4 Å². The number of amides is 4. The second-order valence-corrected chi connectivity index (χ2v) is 13.0. The number of aromatic nitrogens is 1. The first kappa shape index (κ1) is 34.1. The molecule has 12 nitrogen and oxygen atoms in total. The molecule has 1 aromatic carbocycles. The molecule has 1 aliphatic rings. The minimum atomic E-state index is -1.76. The normalized spacial score (nSPS) is 18.9. The van der Waals surface area contributed by atoms with Crippen LogP contribution in [0.5, 0.6) is 0 Å². The van der Waals surface area contributed by atoms with Crippen LogP contribution in [0.3, 0.4) is 0 Å². The summed E-state index contributed by atoms with van der Waals surface area (Å²) < 4.78 is 0. The van der Waals surface area contributed by atoms with E-state index in [1.165, 1.54) is 23.2 Å². The minimum absolute atomic E-state index is 0.0123. The topological polar surface area (TPSA) is 181 Å². The molecule has 1 fully saturated rings. The fraction of sp³-hybridized carbons (Fsp3) is 0.567. The van der Waals surface area contributed by atoms with Crippen LogP contribution < -0.4 is 16.0 Å². The van der Waals surface area contributed by atoms with Gasteiger partial charge in [0, 0.05) is 31.5 Å². The van der Waals surface area contributed by atoms with E-state index in [2.05, 4.69) is 20.9 Å². The van der Waals surface area contributed by atoms with E-state index in [0.717, 1.165) is 16.1 Å². The summed E-state index contributed by atoms with van der Waals surface area (Å²) in [5.74, 6) is -1.98. The van der Waals surface area contributed by atoms with Crippen molar-refractivity contribution < 1.29 is 34.5 Å². The number of likely N-dealkylation sites (tertiary alicyclic amines) is 1. The Balaban J connectivity index is 1.67. The predicted octanol–water partition coefficient (Wildman–Crippen LogP) is 1.17. The van der Waals surface area contributed by atoms with Crippen LogP contribution in [-0.4, -0.2) is 86.7 Å². The van der Waals surface area contributed by atoms with E-state index in [1.54, 1.807) is 38.4 Å². The fourth-order valence-corrected chi connectivity index (χ4v) is 5.78. The number of carbonyl (C=O) groups excluding carboxylic acids is 4. The van der Waals surface area contributed by atoms with E-state index in [-0.39, 0.29) is 25.3 Å². The third kappa shape index (κ3) is 9.05. The van der Waals surface area contributed by atoms with Crippen LogP contribution in [0, 0.1) is 12.3 Å². The van der Waals surface area contributed by atoms with Crippen molar-refractivity contribution >= 4 is 35.0 Å². The Hall–Kier alpha value is -3.39. The first-order valence-corrected chi connectivity index (χ1v) is 15.2. The number of aliphatic hydroxyl groups is 3. The Labute approximate surface area is 255 Å². The van der Waals surface area contributed by atoms with E-state index in [4.69, 9.17) is 5.11 Å². The van der Waals surface area contributed by atoms with E-state index < -0.39 is 53.7 Å². The molecule has 2 aromatic rings. The first-order chi connectivity index (χ1) is 20.1. The molecule has 1 aromatic heterocycles. The quantitative estimate of drug-likeness (QED) is 0.152. The lowest BCUT2D eigenvalue weighted by Gasteiger charge is -2.36. The number of β-amino-alcohol motifs (C(OH)–C–C–N with tert-alkyl or cyclic N) is 1. The number of thiazole rings is 1. The van der Waals surface area contributed by atoms with E-state index in [1.807, 2.05) is 19.1 Å². The fourth-order valence-electron chi connectivity index (χ4n) is 4.97. The number of rotatable bonds is 12. The average molecular weight is 618 g/mol. The van der Waals surface area contributed by atoms with Gasteiger partial charge in [0.05, 0.1) is 22.2 Å². The second-order valence-electron chi connectivity index (χ2n) is 12.1. The summed E-state index contributed by atoms with van der Waals surface area (Å²) in [6.45, 7) is 8.38. The van der Waals surface area contributed by atoms with Crippen LogP contribution in [-0.2, 0) is 24.9 Å². The smallest absolute Gasteiger partial charge is 0.246 e. The number of nitrogens with zero attached hydrogens (tertiary/aromatic N) is 2. The molecular formula is C30H43N5O7S. The minimum Gasteiger partial charge on any atom is -0.391 e. The zero-order valence-electron chi connectivity index (χ0n) is 25.3. The van der Waals surface area contributed by atoms with Crippen molar-refractivity contribution in [2.45, 2.75) is 84.2 Å². The zero-order chi connectivity index (χ0) is 31.9. The lowest BCUT2D eigenvalue weighted by molar-refractivity contribution is -0.146. The number of benzene rings is 1. The molecule has 0 aliphatic carbocycles. The van der Waals surface area contributed by atoms with Gasteiger partial charge >= 0.3 is 0 Å². The second kappa shape index (κ2) is 14.4. The van der Waals surface area contributed by atoms with Crippen LogP contribution in [0.1, 0.15) is 64.6 Å². The van der Waals surface area contributed by atoms with Gasteiger partial charge in [-0.2, -0.15) is 0 Å². The molecule has 0 saturated carbocycles. The summed E-state index contributed by atoms with van der Waals surface area (Å²) in [6, 6.07) is 5.09. The lowest BCUT2D eigenvalue weighted by Crippen LogP contribution is -2.59. The molecule has 3 rings (SSSR count). The highest BCUT2D eigenvalue weighted by molar-refractivity contribution is 7.13. The Morgan fingerprint density at radius 1 is 1.09 bits per heavy atom. The Kier molecular flexibility index (Phi) is 11.4. The lowest BCUT2D eigenvalue weighted by atomic mass is 9.85. The maximum absolute atomic E-state index is 13.8. The van der Waals surface area contributed by atoms with E-state index >= 15 is 0 Å². The molecule has 0 bridgehead atoms. The standard InChI is InChI=1S/C30H43N5O7S/c1-18-25(43-17-32-18)19-9-11-20(12-10-19)30(5,42)34-27(40)22-14-21(37)15-35(22)28(41)26(29(2,3)4)33-23(38)8-6-7-13-31-24(39)16-36/h9-12,17,21-22,26,36-37,42H,6-8,13-16H2,1-5H3,(H,31,39)(H,33,38)(H,34,40)/t21-,22+,26-,30+/m1/s1. The van der Waals surface area contributed by atoms with Crippen molar-refractivity contribution in [3.63, 3.8) is 0 Å². The van der Waals surface area contributed by atoms with E-state index in [0.29, 0.717) is 24.9 Å². The molecule has 4 atom stereocenters. The van der Waals surface area contributed by atoms with Gasteiger partial charge in [0.15, 0.2) is 5.72 Å². The van der Waals surface area contributed by atoms with E-state index in [9.17, 15) is 29.4 Å². The molecule has 0 radical (unpaired) electrons. The molecule has 6 N–H and O–H groups in total. The monoisotopic (exact) mass is 617 g/mol. The van der Waals surface area contributed by atoms with Crippen molar-refractivity contribution in [3.05, 3.63) is 41.0 Å². The van der Waals surface area contributed by atoms with Crippen molar-refractivity contribution in [2.24, 2.45) is 5.41 Å². The molecule has 0 spiro atoms. The van der Waals surface area contributed by atoms with Crippen LogP contribution in [0.15, 0.2) is 29.8 Å². The summed E-state index contributed by atoms with van der Waals surface area (Å²) in [6.07, 6.45) is 0.127. The Morgan fingerprint density at radius 2 is 1.77 bits per heavy atom. The zero-order valence-corrected chi connectivity index (χ0v) is 26.2. The third-order valence-electron chi connectivity index (χ3n) is 7.40. The number of aryl methyl sites for hydroxylation is 1. The van der Waals surface area contributed by atoms with Crippen LogP contribution in [0.2, 0.25) is 0 Å². The number of unbranched alkanes of at least 4 members (excludes halogenated alkanes) is 1. The van der Waals surface area contributed by atoms with Crippen LogP contribution >= 0.6 is 11.3 Å². The number of aliphatic hydroxyl groups excluding tert-OH is 2. The molecule has 43 heavy (non-hydrogen) atoms. The first-order valence-electron chi connectivity index (χ1n) is 14.3. The number of carbonyl (C=O) groups is 4. The summed E-state index contributed by atoms with van der Waals surface area (Å²) in [7, 11) is 0. The van der Waals surface area contributed by atoms with Gasteiger partial charge in [-0.1, -0.05) is 45.0 Å². The van der Waals surface area contributed by atoms with Crippen molar-refractivity contribution in [2.75, 3.05) is 19.7 Å². The van der Waals surface area contributed by atoms with Gasteiger partial charge in [-0.25, -0.2) is 4.98 Å². The highest BCUT2D eigenvalue weighted by Crippen LogP contribution is 2.30. The molecule has 1 saturated heterocycles. The van der Waals surface area contributed by atoms with Gasteiger partial charge in [0.2, 0.25) is 23.6 Å². The molecule has 0 unspecified atom stereocenters. The molecule has 236 valence electrons. The van der Waals surface area contributed by atoms with Gasteiger partial charge in [0.25, 0.3) is 0 Å². The maximum Gasteiger partial charge on any atom is 0.246 e. The molecule has 4 amide bonds. The molecule has 1 aliphatic heterocycles. The van der Waals surface area contributed by atoms with Gasteiger partial charge in [0.1, 0.15) is 18.7 Å². The largest absolute Gasteiger partial charge is 0.391 e. The van der Waals surface area contributed by atoms with Gasteiger partial charge < -0.3 is 36.2 Å². The Morgan fingerprint density at radius 3 is 2.35 bits per heavy atom. The van der Waals surface area contributed by atoms with Crippen LogP contribution in [0.25, 0.3) is 10.4 Å². The summed E-state index contributed by atoms with van der Waals surface area (Å²) in [5, 5.41) is 38.3. The summed E-state index contributed by atoms with van der Waals surface area (Å²) in [4.78, 5) is 57.6. The maximum atomic E-state index is 13.8. The molecular weight excluding hydrogens is 574 g/mol. The molecule has 2 heterocycles. The van der Waals surface area contributed by atoms with Crippen LogP contribution in [0.4, 0.5) is 0 Å². The predicted molar refractivity (Wildman–Crippen MR) is 161 cm³/mol. The molecule has 13 heteroatoms. The Bertz CT molecular complexity index is 1290. The highest BCUT2D eigenvalue weighted by atomic mass is 32.1. The SMILES string of the molecule is Cc1ncsc1-c1ccc([C@](C)(O)NC(=O)[C@@H]2C[C@@H](O)CN2C(=O)[C@@H](NC(=O)CCCCNC(=O)CO)C(C)(C)C)cc1. The van der Waals surface area contributed by atoms with Crippen molar-refractivity contribution in [1.29, 1.82) is 0 Å². The summed E-state index contributed by atoms with van der Waals surface area (Å²) in [5.41, 5.74) is 1.58. The highest BCUT2D eigenvalue weighted by Gasteiger charge is 2.45.